The van der Waals surface area contributed by atoms with Crippen LogP contribution < -0.4 is 20.7 Å². The Hall–Kier alpha value is -3.48. The summed E-state index contributed by atoms with van der Waals surface area (Å²) in [7, 11) is 1.58. The first-order valence-electron chi connectivity index (χ1n) is 14.4. The Morgan fingerprint density at radius 1 is 0.773 bits per heavy atom. The second-order valence-corrected chi connectivity index (χ2v) is 14.1. The van der Waals surface area contributed by atoms with Gasteiger partial charge in [0.05, 0.1) is 7.11 Å². The van der Waals surface area contributed by atoms with E-state index in [-0.39, 0.29) is 25.1 Å². The van der Waals surface area contributed by atoms with Crippen LogP contribution in [0.1, 0.15) is 80.7 Å². The van der Waals surface area contributed by atoms with Gasteiger partial charge in [-0.1, -0.05) is 12.1 Å². The molecule has 0 aliphatic heterocycles. The predicted octanol–water partition coefficient (Wildman–Crippen LogP) is 3.89. The maximum atomic E-state index is 13.0. The summed E-state index contributed by atoms with van der Waals surface area (Å²) in [6.45, 7) is 14.9. The highest BCUT2D eigenvalue weighted by Crippen LogP contribution is 2.18. The zero-order chi connectivity index (χ0) is 33.7. The highest BCUT2D eigenvalue weighted by molar-refractivity contribution is 7.98. The number of ether oxygens (including phenoxy) is 4. The van der Waals surface area contributed by atoms with Crippen LogP contribution in [0, 0.1) is 0 Å². The predicted molar refractivity (Wildman–Crippen MR) is 168 cm³/mol. The monoisotopic (exact) mass is 639 g/mol. The lowest BCUT2D eigenvalue weighted by Gasteiger charge is -2.26. The lowest BCUT2D eigenvalue weighted by Crippen LogP contribution is -2.50. The number of hydrogen-bond acceptors (Lipinski definition) is 10. The van der Waals surface area contributed by atoms with E-state index < -0.39 is 58.7 Å². The highest BCUT2D eigenvalue weighted by atomic mass is 32.2. The summed E-state index contributed by atoms with van der Waals surface area (Å²) in [6, 6.07) is 5.29. The lowest BCUT2D eigenvalue weighted by atomic mass is 10.1. The van der Waals surface area contributed by atoms with Crippen molar-refractivity contribution in [3.8, 4) is 5.75 Å². The van der Waals surface area contributed by atoms with Crippen LogP contribution in [0.4, 0.5) is 4.79 Å². The van der Waals surface area contributed by atoms with Gasteiger partial charge in [-0.05, 0) is 86.4 Å². The van der Waals surface area contributed by atoms with Crippen molar-refractivity contribution in [1.82, 2.24) is 16.0 Å². The van der Waals surface area contributed by atoms with Gasteiger partial charge in [-0.15, -0.1) is 0 Å². The largest absolute Gasteiger partial charge is 0.497 e. The van der Waals surface area contributed by atoms with E-state index in [2.05, 4.69) is 16.0 Å². The third-order valence-corrected chi connectivity index (χ3v) is 6.34. The Balaban J connectivity index is 2.94. The molecule has 0 saturated carbocycles. The SMILES string of the molecule is COc1ccc(CSCC(NC(=O)CCC(NC(=O)OC(C)(C)C)C(=O)OC(C)(C)C)C(=O)NCC(=O)OC(C)(C)C)cc1. The van der Waals surface area contributed by atoms with Gasteiger partial charge in [0, 0.05) is 17.9 Å². The number of thioether (sulfide) groups is 1. The van der Waals surface area contributed by atoms with Crippen LogP contribution in [-0.2, 0) is 39.1 Å². The number of alkyl carbamates (subject to hydrolysis) is 1. The molecule has 0 heterocycles. The van der Waals surface area contributed by atoms with E-state index in [4.69, 9.17) is 18.9 Å². The lowest BCUT2D eigenvalue weighted by molar-refractivity contribution is -0.158. The van der Waals surface area contributed by atoms with Crippen LogP contribution in [0.25, 0.3) is 0 Å². The molecule has 12 nitrogen and oxygen atoms in total. The number of esters is 2. The third kappa shape index (κ3) is 17.6. The van der Waals surface area contributed by atoms with Gasteiger partial charge in [-0.2, -0.15) is 11.8 Å². The minimum absolute atomic E-state index is 0.106. The van der Waals surface area contributed by atoms with E-state index in [1.165, 1.54) is 11.8 Å². The molecule has 0 fully saturated rings. The van der Waals surface area contributed by atoms with E-state index >= 15 is 0 Å². The molecule has 0 spiro atoms. The average molecular weight is 640 g/mol. The van der Waals surface area contributed by atoms with Gasteiger partial charge in [0.25, 0.3) is 0 Å². The molecule has 0 bridgehead atoms. The first-order chi connectivity index (χ1) is 20.2. The summed E-state index contributed by atoms with van der Waals surface area (Å²) in [6.07, 6.45) is -1.15. The van der Waals surface area contributed by atoms with Crippen molar-refractivity contribution >= 4 is 41.6 Å². The quantitative estimate of drug-likeness (QED) is 0.201. The molecule has 13 heteroatoms. The van der Waals surface area contributed by atoms with Gasteiger partial charge >= 0.3 is 18.0 Å². The molecule has 1 aromatic carbocycles. The number of methoxy groups -OCH3 is 1. The second kappa shape index (κ2) is 17.1. The molecule has 0 aliphatic carbocycles. The van der Waals surface area contributed by atoms with Crippen LogP contribution in [-0.4, -0.2) is 78.1 Å². The van der Waals surface area contributed by atoms with Gasteiger partial charge in [0.2, 0.25) is 11.8 Å². The van der Waals surface area contributed by atoms with Crippen molar-refractivity contribution in [2.45, 2.75) is 110 Å². The summed E-state index contributed by atoms with van der Waals surface area (Å²) in [5.74, 6) is -0.974. The second-order valence-electron chi connectivity index (χ2n) is 13.1. The molecule has 1 aromatic rings. The summed E-state index contributed by atoms with van der Waals surface area (Å²) >= 11 is 1.41. The Kier molecular flexibility index (Phi) is 15.0. The highest BCUT2D eigenvalue weighted by Gasteiger charge is 2.30. The van der Waals surface area contributed by atoms with E-state index in [0.717, 1.165) is 11.3 Å². The van der Waals surface area contributed by atoms with Crippen LogP contribution in [0.5, 0.6) is 5.75 Å². The Bertz CT molecular complexity index is 1120. The fourth-order valence-corrected chi connectivity index (χ4v) is 4.49. The number of carbonyl (C=O) groups excluding carboxylic acids is 5. The average Bonchev–Trinajstić information content (AvgIpc) is 2.86. The van der Waals surface area contributed by atoms with Crippen LogP contribution in [0.15, 0.2) is 24.3 Å². The fourth-order valence-electron chi connectivity index (χ4n) is 3.47. The van der Waals surface area contributed by atoms with Crippen molar-refractivity contribution in [2.24, 2.45) is 0 Å². The number of benzene rings is 1. The molecule has 44 heavy (non-hydrogen) atoms. The van der Waals surface area contributed by atoms with Crippen molar-refractivity contribution < 1.29 is 42.9 Å². The minimum Gasteiger partial charge on any atom is -0.497 e. The Labute approximate surface area is 265 Å². The molecule has 2 unspecified atom stereocenters. The number of amides is 3. The minimum atomic E-state index is -1.17. The molecule has 1 rings (SSSR count). The van der Waals surface area contributed by atoms with Crippen molar-refractivity contribution in [1.29, 1.82) is 0 Å². The topological polar surface area (TPSA) is 158 Å². The molecule has 0 aliphatic rings. The zero-order valence-corrected chi connectivity index (χ0v) is 28.4. The number of nitrogens with one attached hydrogen (secondary N) is 3. The standard InChI is InChI=1S/C31H49N3O9S/c1-29(2,3)41-25(36)17-32-26(37)23(19-44-18-20-11-13-21(40-10)14-12-20)33-24(35)16-15-22(27(38)42-30(4,5)6)34-28(39)43-31(7,8)9/h11-14,22-23H,15-19H2,1-10H3,(H,32,37)(H,33,35)(H,34,39). The first-order valence-corrected chi connectivity index (χ1v) is 15.5. The molecular weight excluding hydrogens is 590 g/mol. The van der Waals surface area contributed by atoms with Crippen molar-refractivity contribution in [3.63, 3.8) is 0 Å². The first kappa shape index (κ1) is 38.5. The molecule has 0 aromatic heterocycles. The van der Waals surface area contributed by atoms with E-state index in [9.17, 15) is 24.0 Å². The molecule has 248 valence electrons. The van der Waals surface area contributed by atoms with Gasteiger partial charge in [0.15, 0.2) is 0 Å². The van der Waals surface area contributed by atoms with E-state index in [1.807, 2.05) is 24.3 Å². The maximum Gasteiger partial charge on any atom is 0.408 e. The summed E-state index contributed by atoms with van der Waals surface area (Å²) in [5.41, 5.74) is -1.36. The summed E-state index contributed by atoms with van der Waals surface area (Å²) in [5, 5.41) is 7.69. The normalized spacial score (nSPS) is 13.1. The Morgan fingerprint density at radius 3 is 1.86 bits per heavy atom. The molecular formula is C31H49N3O9S. The van der Waals surface area contributed by atoms with Crippen molar-refractivity contribution in [2.75, 3.05) is 19.4 Å². The van der Waals surface area contributed by atoms with Gasteiger partial charge in [-0.3, -0.25) is 14.4 Å². The smallest absolute Gasteiger partial charge is 0.408 e. The van der Waals surface area contributed by atoms with Crippen molar-refractivity contribution in [3.05, 3.63) is 29.8 Å². The van der Waals surface area contributed by atoms with E-state index in [0.29, 0.717) is 5.75 Å². The third-order valence-electron chi connectivity index (χ3n) is 5.23. The van der Waals surface area contributed by atoms with Crippen LogP contribution >= 0.6 is 11.8 Å². The fraction of sp³-hybridized carbons (Fsp3) is 0.645. The van der Waals surface area contributed by atoms with E-state index in [1.54, 1.807) is 69.4 Å². The molecule has 3 amide bonds. The number of rotatable bonds is 14. The van der Waals surface area contributed by atoms with Gasteiger partial charge in [0.1, 0.15) is 41.2 Å². The maximum absolute atomic E-state index is 13.0. The number of hydrogen-bond donors (Lipinski definition) is 3. The molecule has 2 atom stereocenters. The zero-order valence-electron chi connectivity index (χ0n) is 27.6. The molecule has 0 radical (unpaired) electrons. The number of carbonyl (C=O) groups is 5. The summed E-state index contributed by atoms with van der Waals surface area (Å²) < 4.78 is 21.1. The van der Waals surface area contributed by atoms with Crippen LogP contribution in [0.2, 0.25) is 0 Å². The van der Waals surface area contributed by atoms with Gasteiger partial charge < -0.3 is 34.9 Å². The van der Waals surface area contributed by atoms with Crippen LogP contribution in [0.3, 0.4) is 0 Å². The summed E-state index contributed by atoms with van der Waals surface area (Å²) in [4.78, 5) is 63.4. The Morgan fingerprint density at radius 2 is 1.34 bits per heavy atom. The van der Waals surface area contributed by atoms with Gasteiger partial charge in [-0.25, -0.2) is 9.59 Å². The molecule has 0 saturated heterocycles. The molecule has 3 N–H and O–H groups in total.